The second kappa shape index (κ2) is 8.80. The first kappa shape index (κ1) is 23.9. The van der Waals surface area contributed by atoms with Crippen molar-refractivity contribution in [3.63, 3.8) is 0 Å². The average Bonchev–Trinajstić information content (AvgIpc) is 3.53. The third kappa shape index (κ3) is 4.33. The van der Waals surface area contributed by atoms with Gasteiger partial charge in [0.05, 0.1) is 37.2 Å². The Hall–Kier alpha value is -3.51. The number of alkyl halides is 3. The maximum Gasteiger partial charge on any atom is 0.417 e. The third-order valence-electron chi connectivity index (χ3n) is 7.31. The van der Waals surface area contributed by atoms with Crippen molar-refractivity contribution in [2.24, 2.45) is 5.41 Å². The van der Waals surface area contributed by atoms with Crippen molar-refractivity contribution < 1.29 is 17.9 Å². The molecule has 6 rings (SSSR count). The zero-order chi connectivity index (χ0) is 25.8. The molecule has 0 unspecified atom stereocenters. The molecule has 0 bridgehead atoms. The summed E-state index contributed by atoms with van der Waals surface area (Å²) in [5.74, 6) is 1.03. The largest absolute Gasteiger partial charge is 0.417 e. The second-order valence-electron chi connectivity index (χ2n) is 10.2. The lowest BCUT2D eigenvalue weighted by Crippen LogP contribution is -2.58. The number of nitrogens with one attached hydrogen (secondary N) is 1. The lowest BCUT2D eigenvalue weighted by Gasteiger charge is -2.50. The Morgan fingerprint density at radius 2 is 1.97 bits per heavy atom. The van der Waals surface area contributed by atoms with Crippen molar-refractivity contribution in [1.29, 1.82) is 0 Å². The number of aromatic nitrogens is 6. The highest BCUT2D eigenvalue weighted by molar-refractivity contribution is 5.59. The maximum absolute atomic E-state index is 13.3. The van der Waals surface area contributed by atoms with Crippen molar-refractivity contribution in [2.45, 2.75) is 32.1 Å². The van der Waals surface area contributed by atoms with Gasteiger partial charge in [0.25, 0.3) is 0 Å². The van der Waals surface area contributed by atoms with Crippen molar-refractivity contribution in [1.82, 2.24) is 34.4 Å². The first-order valence-electron chi connectivity index (χ1n) is 12.2. The van der Waals surface area contributed by atoms with Gasteiger partial charge >= 0.3 is 6.18 Å². The molecular weight excluding hydrogens is 485 g/mol. The van der Waals surface area contributed by atoms with Crippen LogP contribution in [-0.4, -0.2) is 73.3 Å². The number of nitrogens with zero attached hydrogens (tertiary/aromatic N) is 7. The number of aromatic amines is 1. The molecule has 0 radical (unpaired) electrons. The lowest BCUT2D eigenvalue weighted by molar-refractivity contribution is -0.137. The van der Waals surface area contributed by atoms with E-state index >= 15 is 0 Å². The maximum atomic E-state index is 13.3. The molecule has 0 aromatic carbocycles. The summed E-state index contributed by atoms with van der Waals surface area (Å²) < 4.78 is 46.9. The number of H-pyrrole nitrogens is 1. The van der Waals surface area contributed by atoms with Gasteiger partial charge in [-0.25, -0.2) is 15.0 Å². The van der Waals surface area contributed by atoms with E-state index in [1.807, 2.05) is 18.5 Å². The highest BCUT2D eigenvalue weighted by Gasteiger charge is 2.42. The Kier molecular flexibility index (Phi) is 5.68. The number of anilines is 1. The Morgan fingerprint density at radius 1 is 1.14 bits per heavy atom. The van der Waals surface area contributed by atoms with Crippen molar-refractivity contribution in [2.75, 3.05) is 37.7 Å². The lowest BCUT2D eigenvalue weighted by atomic mass is 9.86. The smallest absolute Gasteiger partial charge is 0.380 e. The number of halogens is 3. The first-order chi connectivity index (χ1) is 17.7. The number of hydrogen-bond donors (Lipinski definition) is 1. The van der Waals surface area contributed by atoms with Crippen LogP contribution in [0.2, 0.25) is 0 Å². The number of ether oxygens (including phenoxy) is 1. The average molecular weight is 513 g/mol. The minimum absolute atomic E-state index is 0.0534. The molecule has 0 saturated carbocycles. The van der Waals surface area contributed by atoms with Crippen LogP contribution in [0.3, 0.4) is 0 Å². The fourth-order valence-corrected chi connectivity index (χ4v) is 5.45. The van der Waals surface area contributed by atoms with E-state index in [9.17, 15) is 13.2 Å². The number of imidazole rings is 1. The number of fused-ring (bicyclic) bond motifs is 1. The normalized spacial score (nSPS) is 22.4. The first-order valence-corrected chi connectivity index (χ1v) is 12.2. The van der Waals surface area contributed by atoms with Crippen LogP contribution in [0, 0.1) is 5.41 Å². The predicted octanol–water partition coefficient (Wildman–Crippen LogP) is 3.82. The molecule has 0 amide bonds. The molecule has 2 fully saturated rings. The molecule has 2 atom stereocenters. The monoisotopic (exact) mass is 512 g/mol. The Labute approximate surface area is 211 Å². The molecule has 9 nitrogen and oxygen atoms in total. The van der Waals surface area contributed by atoms with Crippen molar-refractivity contribution in [3.8, 4) is 11.5 Å². The highest BCUT2D eigenvalue weighted by Crippen LogP contribution is 2.37. The number of hydrogen-bond acceptors (Lipinski definition) is 7. The summed E-state index contributed by atoms with van der Waals surface area (Å²) in [6.45, 7) is 8.40. The van der Waals surface area contributed by atoms with E-state index in [2.05, 4.69) is 43.8 Å². The molecule has 2 aliphatic heterocycles. The fraction of sp³-hybridized carbons (Fsp3) is 0.440. The number of pyridine rings is 1. The van der Waals surface area contributed by atoms with Gasteiger partial charge < -0.3 is 9.64 Å². The zero-order valence-corrected chi connectivity index (χ0v) is 20.5. The van der Waals surface area contributed by atoms with Gasteiger partial charge in [-0.2, -0.15) is 18.3 Å². The van der Waals surface area contributed by atoms with Crippen LogP contribution < -0.4 is 4.90 Å². The predicted molar refractivity (Wildman–Crippen MR) is 130 cm³/mol. The van der Waals surface area contributed by atoms with E-state index in [0.29, 0.717) is 23.0 Å². The topological polar surface area (TPSA) is 87.5 Å². The summed E-state index contributed by atoms with van der Waals surface area (Å²) in [6, 6.07) is 4.34. The second-order valence-corrected chi connectivity index (χ2v) is 10.2. The van der Waals surface area contributed by atoms with E-state index in [4.69, 9.17) is 9.72 Å². The van der Waals surface area contributed by atoms with Crippen molar-refractivity contribution in [3.05, 3.63) is 60.3 Å². The van der Waals surface area contributed by atoms with Gasteiger partial charge in [-0.15, -0.1) is 0 Å². The standard InChI is InChI=1S/C25H27F3N8O/c1-16-22(17-9-31-32-10-17)34(13-24(2)14-37-15-24)7-8-35(16)21-5-6-29-23(33-21)19-11-30-20-4-3-18(12-36(19)20)25(26,27)28/h3-6,9-12,16,22H,7-8,13-15H2,1-2H3,(H,31,32)/t16-,22-/m0/s1. The van der Waals surface area contributed by atoms with Gasteiger partial charge in [0, 0.05) is 55.2 Å². The summed E-state index contributed by atoms with van der Waals surface area (Å²) in [4.78, 5) is 18.1. The van der Waals surface area contributed by atoms with Crippen LogP contribution in [0.1, 0.15) is 31.0 Å². The van der Waals surface area contributed by atoms with E-state index in [0.717, 1.165) is 50.7 Å². The van der Waals surface area contributed by atoms with Crippen LogP contribution >= 0.6 is 0 Å². The van der Waals surface area contributed by atoms with Gasteiger partial charge in [0.2, 0.25) is 0 Å². The van der Waals surface area contributed by atoms with Crippen LogP contribution in [0.5, 0.6) is 0 Å². The summed E-state index contributed by atoms with van der Waals surface area (Å²) in [7, 11) is 0. The fourth-order valence-electron chi connectivity index (χ4n) is 5.45. The molecule has 194 valence electrons. The quantitative estimate of drug-likeness (QED) is 0.435. The molecule has 12 heteroatoms. The Bertz CT molecular complexity index is 1400. The van der Waals surface area contributed by atoms with E-state index in [1.165, 1.54) is 16.7 Å². The minimum atomic E-state index is -4.46. The number of rotatable bonds is 5. The Balaban J connectivity index is 1.32. The van der Waals surface area contributed by atoms with Crippen LogP contribution in [0.15, 0.2) is 49.2 Å². The van der Waals surface area contributed by atoms with Gasteiger partial charge in [-0.1, -0.05) is 6.92 Å². The van der Waals surface area contributed by atoms with Crippen LogP contribution in [-0.2, 0) is 10.9 Å². The van der Waals surface area contributed by atoms with Gasteiger partial charge in [0.15, 0.2) is 5.82 Å². The zero-order valence-electron chi connectivity index (χ0n) is 20.5. The van der Waals surface area contributed by atoms with Crippen LogP contribution in [0.25, 0.3) is 17.2 Å². The summed E-state index contributed by atoms with van der Waals surface area (Å²) >= 11 is 0. The molecule has 2 aliphatic rings. The third-order valence-corrected chi connectivity index (χ3v) is 7.31. The summed E-state index contributed by atoms with van der Waals surface area (Å²) in [6.07, 6.45) is 3.51. The Morgan fingerprint density at radius 3 is 2.68 bits per heavy atom. The summed E-state index contributed by atoms with van der Waals surface area (Å²) in [5.41, 5.74) is 1.26. The van der Waals surface area contributed by atoms with Crippen LogP contribution in [0.4, 0.5) is 19.0 Å². The minimum Gasteiger partial charge on any atom is -0.380 e. The molecule has 0 spiro atoms. The van der Waals surface area contributed by atoms with Crippen molar-refractivity contribution >= 4 is 11.5 Å². The molecule has 0 aliphatic carbocycles. The number of piperazine rings is 1. The van der Waals surface area contributed by atoms with E-state index in [1.54, 1.807) is 6.20 Å². The molecular formula is C25H27F3N8O. The molecule has 1 N–H and O–H groups in total. The van der Waals surface area contributed by atoms with E-state index in [-0.39, 0.29) is 17.5 Å². The molecule has 37 heavy (non-hydrogen) atoms. The van der Waals surface area contributed by atoms with E-state index < -0.39 is 11.7 Å². The van der Waals surface area contributed by atoms with Gasteiger partial charge in [-0.3, -0.25) is 14.4 Å². The van der Waals surface area contributed by atoms with Gasteiger partial charge in [-0.05, 0) is 25.1 Å². The molecule has 6 heterocycles. The SMILES string of the molecule is C[C@H]1[C@@H](c2cn[nH]c2)N(CC2(C)COC2)CCN1c1ccnc(-c2cnc3ccc(C(F)(F)F)cn23)n1. The summed E-state index contributed by atoms with van der Waals surface area (Å²) in [5, 5.41) is 7.12. The highest BCUT2D eigenvalue weighted by atomic mass is 19.4. The molecule has 4 aromatic heterocycles. The molecule has 4 aromatic rings. The van der Waals surface area contributed by atoms with Gasteiger partial charge in [0.1, 0.15) is 17.2 Å². The molecule has 2 saturated heterocycles.